The SMILES string of the molecule is c1ccc(-c2ccc(CNc3nc4ccccc4[nH]3)cc2)cc1. The molecule has 0 saturated carbocycles. The molecule has 0 spiro atoms. The van der Waals surface area contributed by atoms with Crippen LogP contribution in [0.15, 0.2) is 78.9 Å². The Bertz CT molecular complexity index is 875. The van der Waals surface area contributed by atoms with Gasteiger partial charge in [0.25, 0.3) is 0 Å². The van der Waals surface area contributed by atoms with Gasteiger partial charge in [-0.2, -0.15) is 0 Å². The monoisotopic (exact) mass is 299 g/mol. The lowest BCUT2D eigenvalue weighted by molar-refractivity contribution is 1.10. The molecule has 2 N–H and O–H groups in total. The highest BCUT2D eigenvalue weighted by Gasteiger charge is 2.02. The highest BCUT2D eigenvalue weighted by molar-refractivity contribution is 5.77. The van der Waals surface area contributed by atoms with E-state index in [2.05, 4.69) is 63.8 Å². The maximum Gasteiger partial charge on any atom is 0.201 e. The summed E-state index contributed by atoms with van der Waals surface area (Å²) in [6.45, 7) is 0.745. The van der Waals surface area contributed by atoms with Gasteiger partial charge in [-0.1, -0.05) is 66.7 Å². The van der Waals surface area contributed by atoms with Crippen molar-refractivity contribution >= 4 is 17.0 Å². The molecular weight excluding hydrogens is 282 g/mol. The molecule has 112 valence electrons. The minimum atomic E-state index is 0.745. The Labute approximate surface area is 135 Å². The summed E-state index contributed by atoms with van der Waals surface area (Å²) in [6.07, 6.45) is 0. The Balaban J connectivity index is 1.47. The zero-order valence-corrected chi connectivity index (χ0v) is 12.7. The summed E-state index contributed by atoms with van der Waals surface area (Å²) in [7, 11) is 0. The Hall–Kier alpha value is -3.07. The minimum absolute atomic E-state index is 0.745. The lowest BCUT2D eigenvalue weighted by atomic mass is 10.0. The molecular formula is C20H17N3. The van der Waals surface area contributed by atoms with E-state index in [0.29, 0.717) is 0 Å². The first-order chi connectivity index (χ1) is 11.4. The molecule has 3 heteroatoms. The van der Waals surface area contributed by atoms with Crippen molar-refractivity contribution in [3.8, 4) is 11.1 Å². The van der Waals surface area contributed by atoms with Crippen molar-refractivity contribution in [3.05, 3.63) is 84.4 Å². The smallest absolute Gasteiger partial charge is 0.201 e. The molecule has 0 fully saturated rings. The molecule has 1 heterocycles. The summed E-state index contributed by atoms with van der Waals surface area (Å²) in [5, 5.41) is 3.34. The number of rotatable bonds is 4. The molecule has 0 atom stereocenters. The Kier molecular flexibility index (Phi) is 3.53. The normalized spacial score (nSPS) is 10.8. The van der Waals surface area contributed by atoms with Crippen LogP contribution in [0.5, 0.6) is 0 Å². The van der Waals surface area contributed by atoms with Crippen molar-refractivity contribution in [2.24, 2.45) is 0 Å². The second-order valence-electron chi connectivity index (χ2n) is 5.52. The van der Waals surface area contributed by atoms with Crippen molar-refractivity contribution in [1.82, 2.24) is 9.97 Å². The first kappa shape index (κ1) is 13.6. The average Bonchev–Trinajstić information content (AvgIpc) is 3.04. The number of aromatic amines is 1. The van der Waals surface area contributed by atoms with Crippen LogP contribution in [0.25, 0.3) is 22.2 Å². The van der Waals surface area contributed by atoms with Crippen LogP contribution in [0.2, 0.25) is 0 Å². The van der Waals surface area contributed by atoms with Gasteiger partial charge >= 0.3 is 0 Å². The second-order valence-corrected chi connectivity index (χ2v) is 5.52. The van der Waals surface area contributed by atoms with Gasteiger partial charge in [-0.25, -0.2) is 4.98 Å². The number of anilines is 1. The van der Waals surface area contributed by atoms with Crippen molar-refractivity contribution < 1.29 is 0 Å². The van der Waals surface area contributed by atoms with Crippen molar-refractivity contribution in [1.29, 1.82) is 0 Å². The Morgan fingerprint density at radius 3 is 2.22 bits per heavy atom. The lowest BCUT2D eigenvalue weighted by Crippen LogP contribution is -2.00. The fraction of sp³-hybridized carbons (Fsp3) is 0.0500. The van der Waals surface area contributed by atoms with E-state index in [1.54, 1.807) is 0 Å². The van der Waals surface area contributed by atoms with Crippen molar-refractivity contribution in [2.45, 2.75) is 6.54 Å². The molecule has 0 aliphatic heterocycles. The quantitative estimate of drug-likeness (QED) is 0.566. The van der Waals surface area contributed by atoms with E-state index in [1.807, 2.05) is 30.3 Å². The minimum Gasteiger partial charge on any atom is -0.352 e. The average molecular weight is 299 g/mol. The Morgan fingerprint density at radius 2 is 1.43 bits per heavy atom. The molecule has 1 aromatic heterocycles. The van der Waals surface area contributed by atoms with Gasteiger partial charge in [0.1, 0.15) is 0 Å². The molecule has 4 rings (SSSR count). The van der Waals surface area contributed by atoms with E-state index in [9.17, 15) is 0 Å². The number of benzene rings is 3. The largest absolute Gasteiger partial charge is 0.352 e. The van der Waals surface area contributed by atoms with E-state index in [1.165, 1.54) is 16.7 Å². The molecule has 3 aromatic carbocycles. The standard InChI is InChI=1S/C20H17N3/c1-2-6-16(7-3-1)17-12-10-15(11-13-17)14-21-20-22-18-8-4-5-9-19(18)23-20/h1-13H,14H2,(H2,21,22,23). The Morgan fingerprint density at radius 1 is 0.739 bits per heavy atom. The highest BCUT2D eigenvalue weighted by atomic mass is 15.1. The van der Waals surface area contributed by atoms with Gasteiger partial charge in [0.15, 0.2) is 0 Å². The third-order valence-corrected chi connectivity index (χ3v) is 3.91. The van der Waals surface area contributed by atoms with Gasteiger partial charge in [0.2, 0.25) is 5.95 Å². The molecule has 0 amide bonds. The topological polar surface area (TPSA) is 40.7 Å². The van der Waals surface area contributed by atoms with E-state index in [-0.39, 0.29) is 0 Å². The predicted molar refractivity (Wildman–Crippen MR) is 95.3 cm³/mol. The zero-order chi connectivity index (χ0) is 15.5. The van der Waals surface area contributed by atoms with Crippen LogP contribution in [-0.4, -0.2) is 9.97 Å². The van der Waals surface area contributed by atoms with Crippen LogP contribution >= 0.6 is 0 Å². The second kappa shape index (κ2) is 5.97. The zero-order valence-electron chi connectivity index (χ0n) is 12.7. The predicted octanol–water partition coefficient (Wildman–Crippen LogP) is 4.84. The van der Waals surface area contributed by atoms with Crippen LogP contribution < -0.4 is 5.32 Å². The molecule has 3 nitrogen and oxygen atoms in total. The van der Waals surface area contributed by atoms with Crippen LogP contribution in [0.4, 0.5) is 5.95 Å². The third kappa shape index (κ3) is 2.94. The third-order valence-electron chi connectivity index (χ3n) is 3.91. The maximum absolute atomic E-state index is 4.53. The van der Waals surface area contributed by atoms with E-state index < -0.39 is 0 Å². The maximum atomic E-state index is 4.53. The molecule has 0 bridgehead atoms. The molecule has 0 radical (unpaired) electrons. The van der Waals surface area contributed by atoms with Gasteiger partial charge in [0, 0.05) is 6.54 Å². The van der Waals surface area contributed by atoms with Gasteiger partial charge in [-0.05, 0) is 28.8 Å². The fourth-order valence-electron chi connectivity index (χ4n) is 2.67. The summed E-state index contributed by atoms with van der Waals surface area (Å²) in [4.78, 5) is 7.81. The van der Waals surface area contributed by atoms with Gasteiger partial charge in [-0.15, -0.1) is 0 Å². The number of para-hydroxylation sites is 2. The summed E-state index contributed by atoms with van der Waals surface area (Å²) < 4.78 is 0. The van der Waals surface area contributed by atoms with E-state index in [4.69, 9.17) is 0 Å². The van der Waals surface area contributed by atoms with Crippen LogP contribution in [-0.2, 0) is 6.54 Å². The first-order valence-electron chi connectivity index (χ1n) is 7.71. The van der Waals surface area contributed by atoms with E-state index >= 15 is 0 Å². The van der Waals surface area contributed by atoms with Crippen molar-refractivity contribution in [3.63, 3.8) is 0 Å². The number of aromatic nitrogens is 2. The lowest BCUT2D eigenvalue weighted by Gasteiger charge is -2.05. The van der Waals surface area contributed by atoms with Crippen LogP contribution in [0, 0.1) is 0 Å². The number of hydrogen-bond donors (Lipinski definition) is 2. The molecule has 23 heavy (non-hydrogen) atoms. The van der Waals surface area contributed by atoms with Crippen LogP contribution in [0.1, 0.15) is 5.56 Å². The molecule has 0 unspecified atom stereocenters. The van der Waals surface area contributed by atoms with E-state index in [0.717, 1.165) is 23.5 Å². The number of imidazole rings is 1. The van der Waals surface area contributed by atoms with Gasteiger partial charge in [0.05, 0.1) is 11.0 Å². The molecule has 0 saturated heterocycles. The van der Waals surface area contributed by atoms with Crippen LogP contribution in [0.3, 0.4) is 0 Å². The number of fused-ring (bicyclic) bond motifs is 1. The summed E-state index contributed by atoms with van der Waals surface area (Å²) in [5.41, 5.74) is 5.73. The molecule has 0 aliphatic carbocycles. The summed E-state index contributed by atoms with van der Waals surface area (Å²) >= 11 is 0. The highest BCUT2D eigenvalue weighted by Crippen LogP contribution is 2.20. The number of nitrogens with one attached hydrogen (secondary N) is 2. The molecule has 0 aliphatic rings. The van der Waals surface area contributed by atoms with Gasteiger partial charge < -0.3 is 10.3 Å². The first-order valence-corrected chi connectivity index (χ1v) is 7.71. The number of H-pyrrole nitrogens is 1. The van der Waals surface area contributed by atoms with Gasteiger partial charge in [-0.3, -0.25) is 0 Å². The summed E-state index contributed by atoms with van der Waals surface area (Å²) in [6, 6.07) is 27.1. The fourth-order valence-corrected chi connectivity index (χ4v) is 2.67. The number of nitrogens with zero attached hydrogens (tertiary/aromatic N) is 1. The number of hydrogen-bond acceptors (Lipinski definition) is 2. The molecule has 4 aromatic rings. The summed E-state index contributed by atoms with van der Waals surface area (Å²) in [5.74, 6) is 0.804. The van der Waals surface area contributed by atoms with Crippen molar-refractivity contribution in [2.75, 3.05) is 5.32 Å².